The zero-order valence-corrected chi connectivity index (χ0v) is 8.92. The molecule has 3 nitrogen and oxygen atoms in total. The highest BCUT2D eigenvalue weighted by atomic mass is 16.5. The molecular weight excluding hydrogens is 164 g/mol. The van der Waals surface area contributed by atoms with E-state index in [1.165, 1.54) is 19.5 Å². The van der Waals surface area contributed by atoms with Crippen LogP contribution in [0.15, 0.2) is 0 Å². The molecular formula is C10H20N2O. The lowest BCUT2D eigenvalue weighted by molar-refractivity contribution is 0.0691. The van der Waals surface area contributed by atoms with E-state index in [-0.39, 0.29) is 0 Å². The summed E-state index contributed by atoms with van der Waals surface area (Å²) in [4.78, 5) is 4.69. The van der Waals surface area contributed by atoms with Crippen LogP contribution in [-0.4, -0.2) is 63.3 Å². The van der Waals surface area contributed by atoms with Gasteiger partial charge in [0.25, 0.3) is 0 Å². The largest absolute Gasteiger partial charge is 0.376 e. The molecule has 2 heterocycles. The molecule has 0 spiro atoms. The SMILES string of the molecule is CN(C)CC12CCOC1CN(C)C2. The third-order valence-corrected chi connectivity index (χ3v) is 3.30. The van der Waals surface area contributed by atoms with Crippen LogP contribution in [0.3, 0.4) is 0 Å². The van der Waals surface area contributed by atoms with Crippen molar-refractivity contribution in [3.05, 3.63) is 0 Å². The Hall–Kier alpha value is -0.120. The first-order valence-electron chi connectivity index (χ1n) is 5.07. The number of likely N-dealkylation sites (N-methyl/N-ethyl adjacent to an activating group) is 1. The minimum absolute atomic E-state index is 0.429. The molecule has 2 aliphatic rings. The maximum absolute atomic E-state index is 5.78. The van der Waals surface area contributed by atoms with Crippen LogP contribution in [0.1, 0.15) is 6.42 Å². The molecule has 2 saturated heterocycles. The maximum atomic E-state index is 5.78. The van der Waals surface area contributed by atoms with E-state index >= 15 is 0 Å². The second-order valence-electron chi connectivity index (χ2n) is 4.91. The van der Waals surface area contributed by atoms with Crippen molar-refractivity contribution in [1.29, 1.82) is 0 Å². The van der Waals surface area contributed by atoms with Gasteiger partial charge in [0.2, 0.25) is 0 Å². The Morgan fingerprint density at radius 1 is 1.54 bits per heavy atom. The summed E-state index contributed by atoms with van der Waals surface area (Å²) in [7, 11) is 6.50. The van der Waals surface area contributed by atoms with E-state index in [0.29, 0.717) is 11.5 Å². The predicted octanol–water partition coefficient (Wildman–Crippen LogP) is 0.269. The molecule has 76 valence electrons. The summed E-state index contributed by atoms with van der Waals surface area (Å²) >= 11 is 0. The van der Waals surface area contributed by atoms with Crippen LogP contribution in [0.25, 0.3) is 0 Å². The maximum Gasteiger partial charge on any atom is 0.0783 e. The molecule has 0 amide bonds. The predicted molar refractivity (Wildman–Crippen MR) is 52.8 cm³/mol. The van der Waals surface area contributed by atoms with E-state index in [1.807, 2.05) is 0 Å². The first-order valence-corrected chi connectivity index (χ1v) is 5.07. The molecule has 0 aliphatic carbocycles. The fourth-order valence-electron chi connectivity index (χ4n) is 2.92. The zero-order valence-electron chi connectivity index (χ0n) is 8.92. The van der Waals surface area contributed by atoms with E-state index in [4.69, 9.17) is 4.74 Å². The number of ether oxygens (including phenoxy) is 1. The number of hydrogen-bond donors (Lipinski definition) is 0. The molecule has 0 aromatic heterocycles. The van der Waals surface area contributed by atoms with Gasteiger partial charge in [-0.1, -0.05) is 0 Å². The molecule has 2 atom stereocenters. The van der Waals surface area contributed by atoms with Crippen LogP contribution >= 0.6 is 0 Å². The highest BCUT2D eigenvalue weighted by molar-refractivity contribution is 5.01. The van der Waals surface area contributed by atoms with Crippen molar-refractivity contribution in [2.75, 3.05) is 47.4 Å². The molecule has 0 saturated carbocycles. The van der Waals surface area contributed by atoms with Gasteiger partial charge >= 0.3 is 0 Å². The summed E-state index contributed by atoms with van der Waals surface area (Å²) in [6.07, 6.45) is 1.72. The molecule has 2 aliphatic heterocycles. The number of hydrogen-bond acceptors (Lipinski definition) is 3. The van der Waals surface area contributed by atoms with Crippen LogP contribution in [0.4, 0.5) is 0 Å². The average Bonchev–Trinajstić information content (AvgIpc) is 2.40. The highest BCUT2D eigenvalue weighted by Gasteiger charge is 2.49. The smallest absolute Gasteiger partial charge is 0.0783 e. The fourth-order valence-corrected chi connectivity index (χ4v) is 2.92. The normalized spacial score (nSPS) is 40.2. The topological polar surface area (TPSA) is 15.7 Å². The third-order valence-electron chi connectivity index (χ3n) is 3.30. The van der Waals surface area contributed by atoms with Gasteiger partial charge in [0, 0.05) is 31.7 Å². The standard InChI is InChI=1S/C10H20N2O/c1-11(2)7-10-4-5-13-9(10)6-12(3)8-10/h9H,4-8H2,1-3H3. The number of fused-ring (bicyclic) bond motifs is 1. The summed E-state index contributed by atoms with van der Waals surface area (Å²) in [6, 6.07) is 0. The van der Waals surface area contributed by atoms with Crippen LogP contribution < -0.4 is 0 Å². The summed E-state index contributed by atoms with van der Waals surface area (Å²) < 4.78 is 5.78. The summed E-state index contributed by atoms with van der Waals surface area (Å²) in [6.45, 7) is 4.46. The lowest BCUT2D eigenvalue weighted by Crippen LogP contribution is -2.39. The van der Waals surface area contributed by atoms with Crippen molar-refractivity contribution < 1.29 is 4.74 Å². The Balaban J connectivity index is 2.09. The van der Waals surface area contributed by atoms with Crippen molar-refractivity contribution >= 4 is 0 Å². The van der Waals surface area contributed by atoms with E-state index in [0.717, 1.165) is 13.2 Å². The van der Waals surface area contributed by atoms with Crippen LogP contribution in [0, 0.1) is 5.41 Å². The molecule has 2 fully saturated rings. The van der Waals surface area contributed by atoms with Crippen molar-refractivity contribution in [2.24, 2.45) is 5.41 Å². The van der Waals surface area contributed by atoms with Crippen molar-refractivity contribution in [1.82, 2.24) is 9.80 Å². The van der Waals surface area contributed by atoms with Gasteiger partial charge in [-0.2, -0.15) is 0 Å². The van der Waals surface area contributed by atoms with Gasteiger partial charge in [0.15, 0.2) is 0 Å². The lowest BCUT2D eigenvalue weighted by Gasteiger charge is -2.30. The monoisotopic (exact) mass is 184 g/mol. The van der Waals surface area contributed by atoms with Crippen LogP contribution in [0.5, 0.6) is 0 Å². The molecule has 0 radical (unpaired) electrons. The molecule has 2 rings (SSSR count). The van der Waals surface area contributed by atoms with Gasteiger partial charge in [0.05, 0.1) is 6.10 Å². The fraction of sp³-hybridized carbons (Fsp3) is 1.00. The van der Waals surface area contributed by atoms with E-state index in [1.54, 1.807) is 0 Å². The lowest BCUT2D eigenvalue weighted by atomic mass is 9.83. The third kappa shape index (κ3) is 1.60. The summed E-state index contributed by atoms with van der Waals surface area (Å²) in [5.74, 6) is 0. The Morgan fingerprint density at radius 2 is 2.31 bits per heavy atom. The molecule has 0 N–H and O–H groups in total. The second kappa shape index (κ2) is 3.23. The van der Waals surface area contributed by atoms with Gasteiger partial charge < -0.3 is 14.5 Å². The van der Waals surface area contributed by atoms with E-state index in [2.05, 4.69) is 30.9 Å². The van der Waals surface area contributed by atoms with E-state index in [9.17, 15) is 0 Å². The molecule has 3 heteroatoms. The van der Waals surface area contributed by atoms with Crippen molar-refractivity contribution in [3.8, 4) is 0 Å². The quantitative estimate of drug-likeness (QED) is 0.612. The molecule has 0 aromatic rings. The molecule has 2 unspecified atom stereocenters. The van der Waals surface area contributed by atoms with Crippen LogP contribution in [-0.2, 0) is 4.74 Å². The summed E-state index contributed by atoms with van der Waals surface area (Å²) in [5, 5.41) is 0. The Bertz CT molecular complexity index is 195. The molecule has 0 bridgehead atoms. The first kappa shape index (κ1) is 9.44. The highest BCUT2D eigenvalue weighted by Crippen LogP contribution is 2.40. The van der Waals surface area contributed by atoms with Crippen LogP contribution in [0.2, 0.25) is 0 Å². The van der Waals surface area contributed by atoms with Crippen molar-refractivity contribution in [2.45, 2.75) is 12.5 Å². The Kier molecular flexibility index (Phi) is 2.34. The Morgan fingerprint density at radius 3 is 3.00 bits per heavy atom. The number of rotatable bonds is 2. The average molecular weight is 184 g/mol. The first-order chi connectivity index (χ1) is 6.12. The van der Waals surface area contributed by atoms with Gasteiger partial charge in [-0.05, 0) is 27.6 Å². The Labute approximate surface area is 80.6 Å². The molecule has 0 aromatic carbocycles. The minimum atomic E-state index is 0.429. The molecule has 13 heavy (non-hydrogen) atoms. The zero-order chi connectivity index (χ0) is 9.47. The van der Waals surface area contributed by atoms with Gasteiger partial charge in [-0.15, -0.1) is 0 Å². The van der Waals surface area contributed by atoms with Gasteiger partial charge in [0.1, 0.15) is 0 Å². The van der Waals surface area contributed by atoms with Gasteiger partial charge in [-0.3, -0.25) is 0 Å². The minimum Gasteiger partial charge on any atom is -0.376 e. The van der Waals surface area contributed by atoms with E-state index < -0.39 is 0 Å². The number of nitrogens with zero attached hydrogens (tertiary/aromatic N) is 2. The van der Waals surface area contributed by atoms with Gasteiger partial charge in [-0.25, -0.2) is 0 Å². The van der Waals surface area contributed by atoms with Crippen molar-refractivity contribution in [3.63, 3.8) is 0 Å². The summed E-state index contributed by atoms with van der Waals surface area (Å²) in [5.41, 5.74) is 0.429. The second-order valence-corrected chi connectivity index (χ2v) is 4.91. The number of likely N-dealkylation sites (tertiary alicyclic amines) is 1.